The van der Waals surface area contributed by atoms with Crippen LogP contribution in [0.5, 0.6) is 0 Å². The molecule has 0 radical (unpaired) electrons. The van der Waals surface area contributed by atoms with E-state index >= 15 is 0 Å². The Morgan fingerprint density at radius 3 is 0.538 bits per heavy atom. The fourth-order valence-corrected chi connectivity index (χ4v) is 0. The molecule has 0 atom stereocenters. The summed E-state index contributed by atoms with van der Waals surface area (Å²) in [6.07, 6.45) is 0. The second-order valence-electron chi connectivity index (χ2n) is 0.429. The number of hydrogen-bond acceptors (Lipinski definition) is 4. The standard InChI is InChI=1S/CCl4.4CH3N/c2-1(3,4)5;4*1-2/h;4*2H,1H2. The lowest BCUT2D eigenvalue weighted by Gasteiger charge is -1.91. The van der Waals surface area contributed by atoms with Crippen LogP contribution in [0.2, 0.25) is 0 Å². The minimum absolute atomic E-state index is 1.61. The van der Waals surface area contributed by atoms with Crippen molar-refractivity contribution in [3.8, 4) is 0 Å². The van der Waals surface area contributed by atoms with Gasteiger partial charge in [0.2, 0.25) is 0 Å². The summed E-state index contributed by atoms with van der Waals surface area (Å²) in [5.41, 5.74) is 0. The number of hydrogen-bond donors (Lipinski definition) is 4. The molecule has 0 saturated heterocycles. The van der Waals surface area contributed by atoms with E-state index in [-0.39, 0.29) is 0 Å². The van der Waals surface area contributed by atoms with Crippen molar-refractivity contribution in [1.29, 1.82) is 21.6 Å². The number of halogens is 4. The van der Waals surface area contributed by atoms with Crippen LogP contribution in [0.1, 0.15) is 0 Å². The summed E-state index contributed by atoms with van der Waals surface area (Å²) < 4.78 is -1.61. The molecule has 0 spiro atoms. The highest BCUT2D eigenvalue weighted by atomic mass is 35.6. The van der Waals surface area contributed by atoms with Crippen LogP contribution in [-0.4, -0.2) is 30.1 Å². The zero-order chi connectivity index (χ0) is 12.5. The third-order valence-corrected chi connectivity index (χ3v) is 0. The first kappa shape index (κ1) is 29.3. The highest BCUT2D eigenvalue weighted by Crippen LogP contribution is 2.29. The molecule has 0 aromatic heterocycles. The van der Waals surface area contributed by atoms with E-state index in [2.05, 4.69) is 26.9 Å². The lowest BCUT2D eigenvalue weighted by molar-refractivity contribution is 1.61. The van der Waals surface area contributed by atoms with Gasteiger partial charge in [-0.1, -0.05) is 46.4 Å². The van der Waals surface area contributed by atoms with Crippen molar-refractivity contribution in [3.05, 3.63) is 0 Å². The van der Waals surface area contributed by atoms with E-state index in [0.717, 1.165) is 0 Å². The zero-order valence-corrected chi connectivity index (χ0v) is 9.86. The molecular formula is C5H12Cl4N4. The molecule has 4 N–H and O–H groups in total. The van der Waals surface area contributed by atoms with Gasteiger partial charge < -0.3 is 21.6 Å². The molecule has 0 aliphatic heterocycles. The minimum Gasteiger partial charge on any atom is -0.317 e. The van der Waals surface area contributed by atoms with Gasteiger partial charge in [-0.25, -0.2) is 0 Å². The number of nitrogens with one attached hydrogen (secondary N) is 4. The molecule has 80 valence electrons. The monoisotopic (exact) mass is 268 g/mol. The van der Waals surface area contributed by atoms with E-state index in [1.807, 2.05) is 0 Å². The molecule has 0 unspecified atom stereocenters. The summed E-state index contributed by atoms with van der Waals surface area (Å²) in [6, 6.07) is 0. The van der Waals surface area contributed by atoms with Gasteiger partial charge in [0, 0.05) is 0 Å². The summed E-state index contributed by atoms with van der Waals surface area (Å²) in [5, 5.41) is 22.0. The van der Waals surface area contributed by atoms with E-state index in [0.29, 0.717) is 0 Å². The first-order chi connectivity index (χ1) is 6.00. The van der Waals surface area contributed by atoms with Crippen LogP contribution in [0.4, 0.5) is 0 Å². The van der Waals surface area contributed by atoms with Crippen LogP contribution < -0.4 is 0 Å². The minimum atomic E-state index is -1.61. The zero-order valence-electron chi connectivity index (χ0n) is 6.84. The molecule has 13 heavy (non-hydrogen) atoms. The molecule has 0 saturated carbocycles. The van der Waals surface area contributed by atoms with Crippen molar-refractivity contribution in [2.75, 3.05) is 0 Å². The third-order valence-electron chi connectivity index (χ3n) is 0. The molecule has 0 heterocycles. The van der Waals surface area contributed by atoms with Gasteiger partial charge in [-0.3, -0.25) is 0 Å². The van der Waals surface area contributed by atoms with Crippen molar-refractivity contribution in [1.82, 2.24) is 0 Å². The molecular weight excluding hydrogens is 258 g/mol. The maximum Gasteiger partial charge on any atom is 0.266 e. The third kappa shape index (κ3) is 44800. The van der Waals surface area contributed by atoms with Gasteiger partial charge in [0.05, 0.1) is 0 Å². The Bertz CT molecular complexity index is 63.4. The predicted octanol–water partition coefficient (Wildman–Crippen LogP) is 3.62. The van der Waals surface area contributed by atoms with Crippen LogP contribution in [0.25, 0.3) is 0 Å². The lowest BCUT2D eigenvalue weighted by atomic mass is 11.8. The molecule has 0 aromatic rings. The average Bonchev–Trinajstić information content (AvgIpc) is 2.14. The van der Waals surface area contributed by atoms with Crippen molar-refractivity contribution in [2.24, 2.45) is 0 Å². The maximum absolute atomic E-state index is 5.50. The molecule has 0 rings (SSSR count). The Morgan fingerprint density at radius 2 is 0.538 bits per heavy atom. The highest BCUT2D eigenvalue weighted by molar-refractivity contribution is 6.83. The SMILES string of the molecule is C=N.C=N.C=N.C=N.ClC(Cl)(Cl)Cl. The fraction of sp³-hybridized carbons (Fsp3) is 0.200. The molecule has 8 heteroatoms. The first-order valence-electron chi connectivity index (χ1n) is 2.17. The normalized spacial score (nSPS) is 5.85. The van der Waals surface area contributed by atoms with Gasteiger partial charge in [0.25, 0.3) is 3.25 Å². The smallest absolute Gasteiger partial charge is 0.266 e. The van der Waals surface area contributed by atoms with Gasteiger partial charge in [0.1, 0.15) is 0 Å². The molecule has 0 amide bonds. The molecule has 0 bridgehead atoms. The van der Waals surface area contributed by atoms with E-state index in [9.17, 15) is 0 Å². The van der Waals surface area contributed by atoms with Crippen molar-refractivity contribution in [3.63, 3.8) is 0 Å². The van der Waals surface area contributed by atoms with Crippen LogP contribution >= 0.6 is 46.4 Å². The van der Waals surface area contributed by atoms with Gasteiger partial charge >= 0.3 is 0 Å². The van der Waals surface area contributed by atoms with Crippen LogP contribution in [0.3, 0.4) is 0 Å². The largest absolute Gasteiger partial charge is 0.317 e. The van der Waals surface area contributed by atoms with Crippen molar-refractivity contribution in [2.45, 2.75) is 3.25 Å². The summed E-state index contributed by atoms with van der Waals surface area (Å²) in [4.78, 5) is 0. The van der Waals surface area contributed by atoms with Gasteiger partial charge in [-0.05, 0) is 26.9 Å². The van der Waals surface area contributed by atoms with E-state index in [1.165, 1.54) is 0 Å². The van der Waals surface area contributed by atoms with Crippen molar-refractivity contribution >= 4 is 73.3 Å². The Labute approximate surface area is 98.2 Å². The van der Waals surface area contributed by atoms with Gasteiger partial charge in [-0.2, -0.15) is 0 Å². The summed E-state index contributed by atoms with van der Waals surface area (Å²) in [6.45, 7) is 10.0. The molecule has 0 aliphatic carbocycles. The van der Waals surface area contributed by atoms with E-state index in [4.69, 9.17) is 68.0 Å². The Hall–Kier alpha value is -0.160. The molecule has 0 fully saturated rings. The molecule has 0 aromatic carbocycles. The fourth-order valence-electron chi connectivity index (χ4n) is 0. The van der Waals surface area contributed by atoms with Gasteiger partial charge in [0.15, 0.2) is 0 Å². The summed E-state index contributed by atoms with van der Waals surface area (Å²) >= 11 is 19.3. The lowest BCUT2D eigenvalue weighted by Crippen LogP contribution is -1.81. The number of alkyl halides is 4. The van der Waals surface area contributed by atoms with Gasteiger partial charge in [-0.15, -0.1) is 0 Å². The highest BCUT2D eigenvalue weighted by Gasteiger charge is 2.11. The Morgan fingerprint density at radius 1 is 0.538 bits per heavy atom. The van der Waals surface area contributed by atoms with E-state index in [1.54, 1.807) is 0 Å². The maximum atomic E-state index is 5.50. The van der Waals surface area contributed by atoms with Crippen LogP contribution in [-0.2, 0) is 0 Å². The topological polar surface area (TPSA) is 95.4 Å². The Balaban J connectivity index is -0.0000000230. The second kappa shape index (κ2) is 40.8. The van der Waals surface area contributed by atoms with Crippen LogP contribution in [0.15, 0.2) is 0 Å². The van der Waals surface area contributed by atoms with Crippen LogP contribution in [0, 0.1) is 21.6 Å². The predicted molar refractivity (Wildman–Crippen MR) is 65.5 cm³/mol. The summed E-state index contributed by atoms with van der Waals surface area (Å²) in [7, 11) is 0. The average molecular weight is 270 g/mol. The van der Waals surface area contributed by atoms with E-state index < -0.39 is 3.25 Å². The Kier molecular flexibility index (Phi) is 91.9. The summed E-state index contributed by atoms with van der Waals surface area (Å²) in [5.74, 6) is 0. The molecule has 4 nitrogen and oxygen atoms in total. The number of rotatable bonds is 0. The van der Waals surface area contributed by atoms with Crippen molar-refractivity contribution < 1.29 is 0 Å². The first-order valence-corrected chi connectivity index (χ1v) is 3.68. The second-order valence-corrected chi connectivity index (χ2v) is 3.86. The molecule has 0 aliphatic rings. The quantitative estimate of drug-likeness (QED) is 0.382.